The Morgan fingerprint density at radius 1 is 1.09 bits per heavy atom. The van der Waals surface area contributed by atoms with Gasteiger partial charge in [-0.2, -0.15) is 0 Å². The minimum Gasteiger partial charge on any atom is -0.507 e. The van der Waals surface area contributed by atoms with E-state index in [2.05, 4.69) is 4.98 Å². The van der Waals surface area contributed by atoms with Gasteiger partial charge in [0.15, 0.2) is 5.78 Å². The molecule has 2 aliphatic rings. The van der Waals surface area contributed by atoms with Crippen LogP contribution in [-0.2, 0) is 4.79 Å². The summed E-state index contributed by atoms with van der Waals surface area (Å²) in [5.74, 6) is -1.59. The van der Waals surface area contributed by atoms with Crippen molar-refractivity contribution < 1.29 is 14.3 Å². The molecule has 5 rings (SSSR count). The van der Waals surface area contributed by atoms with Crippen LogP contribution >= 0.6 is 0 Å². The summed E-state index contributed by atoms with van der Waals surface area (Å²) >= 11 is 0. The van der Waals surface area contributed by atoms with Crippen LogP contribution in [-0.4, -0.2) is 21.7 Å². The first-order valence-corrected chi connectivity index (χ1v) is 11.3. The smallest absolute Gasteiger partial charge is 0.161 e. The summed E-state index contributed by atoms with van der Waals surface area (Å²) in [7, 11) is 0. The number of nitrogens with zero attached hydrogens (tertiary/aromatic N) is 2. The number of halogens is 1. The summed E-state index contributed by atoms with van der Waals surface area (Å²) in [6, 6.07) is 17.1. The van der Waals surface area contributed by atoms with Crippen molar-refractivity contribution >= 4 is 23.1 Å². The van der Waals surface area contributed by atoms with Gasteiger partial charge in [0.2, 0.25) is 0 Å². The molecule has 2 N–H and O–H groups in total. The first-order chi connectivity index (χ1) is 16.5. The van der Waals surface area contributed by atoms with Gasteiger partial charge in [0, 0.05) is 46.5 Å². The first kappa shape index (κ1) is 21.8. The number of anilines is 1. The molecule has 2 heterocycles. The fourth-order valence-electron chi connectivity index (χ4n) is 4.85. The normalized spacial score (nSPS) is 19.8. The fraction of sp³-hybridized carbons (Fsp3) is 0.179. The molecule has 1 atom stereocenters. The minimum absolute atomic E-state index is 0.00720. The quantitative estimate of drug-likeness (QED) is 0.471. The zero-order chi connectivity index (χ0) is 23.8. The Morgan fingerprint density at radius 2 is 1.85 bits per heavy atom. The molecule has 5 nitrogen and oxygen atoms in total. The molecular weight excluding hydrogens is 429 g/mol. The molecular formula is C28H24FN3O2. The molecule has 0 bridgehead atoms. The summed E-state index contributed by atoms with van der Waals surface area (Å²) in [6.45, 7) is 1.95. The molecule has 0 radical (unpaired) electrons. The van der Waals surface area contributed by atoms with Crippen LogP contribution in [0.25, 0.3) is 5.76 Å². The molecule has 1 aliphatic carbocycles. The van der Waals surface area contributed by atoms with E-state index in [1.807, 2.05) is 25.1 Å². The molecule has 0 fully saturated rings. The number of ketones is 1. The number of pyridine rings is 1. The number of aryl methyl sites for hydroxylation is 1. The highest BCUT2D eigenvalue weighted by Gasteiger charge is 2.44. The van der Waals surface area contributed by atoms with Gasteiger partial charge in [-0.15, -0.1) is 0 Å². The number of amidine groups is 1. The van der Waals surface area contributed by atoms with Gasteiger partial charge in [-0.05, 0) is 38.0 Å². The van der Waals surface area contributed by atoms with Crippen molar-refractivity contribution in [3.8, 4) is 0 Å². The number of aromatic nitrogens is 1. The van der Waals surface area contributed by atoms with Crippen LogP contribution in [0.3, 0.4) is 0 Å². The summed E-state index contributed by atoms with van der Waals surface area (Å²) in [5, 5.41) is 20.7. The zero-order valence-electron chi connectivity index (χ0n) is 18.8. The van der Waals surface area contributed by atoms with Crippen LogP contribution in [0.4, 0.5) is 10.1 Å². The van der Waals surface area contributed by atoms with Crippen molar-refractivity contribution in [2.45, 2.75) is 32.1 Å². The summed E-state index contributed by atoms with van der Waals surface area (Å²) in [4.78, 5) is 19.2. The number of Topliss-reactive ketones (excluding diaryl/α,β-unsaturated/α-hetero) is 1. The van der Waals surface area contributed by atoms with Gasteiger partial charge in [0.1, 0.15) is 17.4 Å². The molecule has 1 unspecified atom stereocenters. The number of hydrogen-bond acceptors (Lipinski definition) is 4. The van der Waals surface area contributed by atoms with Gasteiger partial charge >= 0.3 is 0 Å². The second-order valence-electron chi connectivity index (χ2n) is 8.62. The van der Waals surface area contributed by atoms with E-state index in [1.165, 1.54) is 6.07 Å². The minimum atomic E-state index is -0.884. The molecule has 3 aromatic rings. The molecule has 6 heteroatoms. The van der Waals surface area contributed by atoms with E-state index in [1.54, 1.807) is 53.7 Å². The second kappa shape index (κ2) is 8.71. The zero-order valence-corrected chi connectivity index (χ0v) is 18.8. The van der Waals surface area contributed by atoms with Crippen LogP contribution in [0.5, 0.6) is 0 Å². The number of carbonyl (C=O) groups is 1. The van der Waals surface area contributed by atoms with Crippen molar-refractivity contribution in [2.75, 3.05) is 4.90 Å². The van der Waals surface area contributed by atoms with E-state index in [9.17, 15) is 15.3 Å². The Kier molecular flexibility index (Phi) is 5.57. The van der Waals surface area contributed by atoms with E-state index in [4.69, 9.17) is 0 Å². The SMILES string of the molecule is Cc1ccc(C(O)=C2C(=N)N(c3cccnc3)C3=C(C(=O)CCC3)C2c2ccccc2F)cc1. The molecule has 0 spiro atoms. The number of allylic oxidation sites excluding steroid dienone is 2. The maximum Gasteiger partial charge on any atom is 0.161 e. The number of aliphatic hydroxyl groups excluding tert-OH is 1. The highest BCUT2D eigenvalue weighted by molar-refractivity contribution is 6.19. The Bertz CT molecular complexity index is 1340. The maximum absolute atomic E-state index is 15.2. The topological polar surface area (TPSA) is 77.3 Å². The molecule has 34 heavy (non-hydrogen) atoms. The molecule has 170 valence electrons. The molecule has 0 amide bonds. The Labute approximate surface area is 197 Å². The average Bonchev–Trinajstić information content (AvgIpc) is 2.84. The lowest BCUT2D eigenvalue weighted by molar-refractivity contribution is -0.116. The monoisotopic (exact) mass is 453 g/mol. The van der Waals surface area contributed by atoms with Crippen LogP contribution < -0.4 is 4.90 Å². The van der Waals surface area contributed by atoms with Crippen LogP contribution in [0.1, 0.15) is 41.9 Å². The van der Waals surface area contributed by atoms with Crippen molar-refractivity contribution in [2.24, 2.45) is 0 Å². The number of aliphatic hydroxyl groups is 1. The van der Waals surface area contributed by atoms with E-state index in [0.717, 1.165) is 5.56 Å². The number of rotatable bonds is 3. The standard InChI is InChI=1S/C28H24FN3O2/c1-17-11-13-18(14-12-17)27(34)26-24(20-7-2-3-8-21(20)29)25-22(9-4-10-23(25)33)32(28(26)30)19-6-5-15-31-16-19/h2-3,5-8,11-16,24,30,34H,4,9-10H2,1H3. The Morgan fingerprint density at radius 3 is 2.56 bits per heavy atom. The van der Waals surface area contributed by atoms with Gasteiger partial charge in [-0.25, -0.2) is 4.39 Å². The van der Waals surface area contributed by atoms with E-state index < -0.39 is 11.7 Å². The first-order valence-electron chi connectivity index (χ1n) is 11.3. The van der Waals surface area contributed by atoms with E-state index >= 15 is 4.39 Å². The lowest BCUT2D eigenvalue weighted by atomic mass is 9.73. The molecule has 0 saturated carbocycles. The largest absolute Gasteiger partial charge is 0.507 e. The highest BCUT2D eigenvalue weighted by atomic mass is 19.1. The molecule has 2 aromatic carbocycles. The third kappa shape index (κ3) is 3.61. The average molecular weight is 454 g/mol. The molecule has 1 aliphatic heterocycles. The summed E-state index contributed by atoms with van der Waals surface area (Å²) in [5.41, 5.74) is 3.73. The maximum atomic E-state index is 15.2. The van der Waals surface area contributed by atoms with Crippen LogP contribution in [0.2, 0.25) is 0 Å². The number of hydrogen-bond donors (Lipinski definition) is 2. The predicted octanol–water partition coefficient (Wildman–Crippen LogP) is 6.09. The molecule has 1 aromatic heterocycles. The van der Waals surface area contributed by atoms with Crippen molar-refractivity contribution in [1.29, 1.82) is 5.41 Å². The lowest BCUT2D eigenvalue weighted by Gasteiger charge is -2.41. The fourth-order valence-corrected chi connectivity index (χ4v) is 4.85. The van der Waals surface area contributed by atoms with Crippen molar-refractivity contribution in [3.05, 3.63) is 112 Å². The Hall–Kier alpha value is -4.06. The van der Waals surface area contributed by atoms with Crippen molar-refractivity contribution in [1.82, 2.24) is 4.98 Å². The van der Waals surface area contributed by atoms with Gasteiger partial charge in [-0.3, -0.25) is 20.1 Å². The van der Waals surface area contributed by atoms with Crippen LogP contribution in [0.15, 0.2) is 89.9 Å². The predicted molar refractivity (Wildman–Crippen MR) is 130 cm³/mol. The third-order valence-electron chi connectivity index (χ3n) is 6.46. The van der Waals surface area contributed by atoms with Gasteiger partial charge in [0.05, 0.1) is 11.9 Å². The van der Waals surface area contributed by atoms with Gasteiger partial charge < -0.3 is 5.11 Å². The Balaban J connectivity index is 1.84. The van der Waals surface area contributed by atoms with Gasteiger partial charge in [0.25, 0.3) is 0 Å². The van der Waals surface area contributed by atoms with Gasteiger partial charge in [-0.1, -0.05) is 48.0 Å². The van der Waals surface area contributed by atoms with E-state index in [-0.39, 0.29) is 28.5 Å². The highest BCUT2D eigenvalue weighted by Crippen LogP contribution is 2.48. The van der Waals surface area contributed by atoms with E-state index in [0.29, 0.717) is 41.8 Å². The third-order valence-corrected chi connectivity index (χ3v) is 6.46. The number of nitrogens with one attached hydrogen (secondary N) is 1. The number of benzene rings is 2. The second-order valence-corrected chi connectivity index (χ2v) is 8.62. The lowest BCUT2D eigenvalue weighted by Crippen LogP contribution is -2.42. The summed E-state index contributed by atoms with van der Waals surface area (Å²) < 4.78 is 15.2. The molecule has 0 saturated heterocycles. The number of carbonyl (C=O) groups excluding carboxylic acids is 1. The summed E-state index contributed by atoms with van der Waals surface area (Å²) in [6.07, 6.45) is 4.83. The van der Waals surface area contributed by atoms with Crippen LogP contribution in [0, 0.1) is 18.2 Å². The van der Waals surface area contributed by atoms with Crippen molar-refractivity contribution in [3.63, 3.8) is 0 Å².